The summed E-state index contributed by atoms with van der Waals surface area (Å²) in [6.07, 6.45) is 2.26. The number of aromatic nitrogens is 1. The van der Waals surface area contributed by atoms with Crippen molar-refractivity contribution in [2.45, 2.75) is 40.2 Å². The first kappa shape index (κ1) is 26.5. The van der Waals surface area contributed by atoms with Crippen molar-refractivity contribution in [2.24, 2.45) is 5.92 Å². The Balaban J connectivity index is 1.62. The summed E-state index contributed by atoms with van der Waals surface area (Å²) in [5.41, 5.74) is 2.27. The van der Waals surface area contributed by atoms with E-state index in [4.69, 9.17) is 13.9 Å². The highest BCUT2D eigenvalue weighted by molar-refractivity contribution is 7.22. The molecule has 0 spiro atoms. The van der Waals surface area contributed by atoms with E-state index in [1.165, 1.54) is 28.6 Å². The Morgan fingerprint density at radius 2 is 1.97 bits per heavy atom. The van der Waals surface area contributed by atoms with E-state index in [0.29, 0.717) is 41.3 Å². The Morgan fingerprint density at radius 3 is 2.69 bits per heavy atom. The molecule has 9 heteroatoms. The van der Waals surface area contributed by atoms with E-state index in [1.54, 1.807) is 24.3 Å². The zero-order chi connectivity index (χ0) is 27.7. The molecule has 0 saturated heterocycles. The molecule has 2 aromatic heterocycles. The van der Waals surface area contributed by atoms with Gasteiger partial charge in [0, 0.05) is 0 Å². The lowest BCUT2D eigenvalue weighted by atomic mass is 9.95. The molecule has 5 rings (SSSR count). The number of aliphatic hydroxyl groups is 1. The summed E-state index contributed by atoms with van der Waals surface area (Å²) in [6, 6.07) is 13.3. The van der Waals surface area contributed by atoms with Gasteiger partial charge in [-0.05, 0) is 73.7 Å². The van der Waals surface area contributed by atoms with E-state index in [2.05, 4.69) is 18.8 Å². The van der Waals surface area contributed by atoms with Gasteiger partial charge in [0.2, 0.25) is 5.78 Å². The predicted octanol–water partition coefficient (Wildman–Crippen LogP) is 6.80. The zero-order valence-electron chi connectivity index (χ0n) is 22.3. The fraction of sp³-hybridized carbons (Fsp3) is 0.300. The summed E-state index contributed by atoms with van der Waals surface area (Å²) in [5, 5.41) is 11.4. The van der Waals surface area contributed by atoms with Gasteiger partial charge in [0.15, 0.2) is 28.1 Å². The molecular formula is C30H30N2O6S. The number of Topliss-reactive ketones (excluding diaryl/α,β-unsaturated/α-hetero) is 1. The normalized spacial score (nSPS) is 15.6. The highest BCUT2D eigenvalue weighted by Gasteiger charge is 2.46. The van der Waals surface area contributed by atoms with Crippen LogP contribution in [0.1, 0.15) is 54.9 Å². The summed E-state index contributed by atoms with van der Waals surface area (Å²) in [7, 11) is 0. The van der Waals surface area contributed by atoms with Gasteiger partial charge in [0.25, 0.3) is 5.91 Å². The molecular weight excluding hydrogens is 516 g/mol. The van der Waals surface area contributed by atoms with Crippen LogP contribution in [0.4, 0.5) is 5.13 Å². The number of ketones is 1. The first-order valence-corrected chi connectivity index (χ1v) is 13.7. The van der Waals surface area contributed by atoms with E-state index < -0.39 is 23.5 Å². The Hall–Kier alpha value is -4.11. The molecule has 202 valence electrons. The molecule has 0 fully saturated rings. The molecule has 1 aliphatic heterocycles. The number of thiazole rings is 1. The summed E-state index contributed by atoms with van der Waals surface area (Å²) in [5.74, 6) is -0.353. The average molecular weight is 547 g/mol. The largest absolute Gasteiger partial charge is 0.503 e. The number of aliphatic hydroxyl groups excluding tert-OH is 1. The molecule has 3 heterocycles. The minimum Gasteiger partial charge on any atom is -0.503 e. The molecule has 2 aromatic carbocycles. The van der Waals surface area contributed by atoms with Gasteiger partial charge < -0.3 is 19.0 Å². The third kappa shape index (κ3) is 5.14. The minimum atomic E-state index is -0.958. The van der Waals surface area contributed by atoms with Crippen molar-refractivity contribution in [2.75, 3.05) is 18.1 Å². The topological polar surface area (TPSA) is 102 Å². The SMILES string of the molecule is CCOc1cc(C2C(C(=O)c3ccco3)=C(O)C(=O)N2c2nc3ccc(C)cc3s2)ccc1OCCC(C)C. The lowest BCUT2D eigenvalue weighted by Gasteiger charge is -2.25. The zero-order valence-corrected chi connectivity index (χ0v) is 23.1. The van der Waals surface area contributed by atoms with Crippen LogP contribution < -0.4 is 14.4 Å². The summed E-state index contributed by atoms with van der Waals surface area (Å²) < 4.78 is 18.1. The van der Waals surface area contributed by atoms with Gasteiger partial charge in [-0.1, -0.05) is 37.3 Å². The second-order valence-corrected chi connectivity index (χ2v) is 10.8. The quantitative estimate of drug-likeness (QED) is 0.218. The second-order valence-electron chi connectivity index (χ2n) is 9.78. The van der Waals surface area contributed by atoms with E-state index in [9.17, 15) is 14.7 Å². The minimum absolute atomic E-state index is 0.0230. The van der Waals surface area contributed by atoms with E-state index >= 15 is 0 Å². The number of nitrogens with zero attached hydrogens (tertiary/aromatic N) is 2. The first-order valence-electron chi connectivity index (χ1n) is 12.9. The fourth-order valence-electron chi connectivity index (χ4n) is 4.50. The Labute approximate surface area is 230 Å². The van der Waals surface area contributed by atoms with Gasteiger partial charge in [0.1, 0.15) is 0 Å². The molecule has 4 aromatic rings. The number of aryl methyl sites for hydroxylation is 1. The van der Waals surface area contributed by atoms with E-state index in [0.717, 1.165) is 22.2 Å². The molecule has 0 saturated carbocycles. The van der Waals surface area contributed by atoms with Crippen LogP contribution in [0, 0.1) is 12.8 Å². The van der Waals surface area contributed by atoms with Crippen LogP contribution in [0.25, 0.3) is 10.2 Å². The molecule has 0 aliphatic carbocycles. The number of ether oxygens (including phenoxy) is 2. The van der Waals surface area contributed by atoms with Crippen molar-refractivity contribution in [3.8, 4) is 11.5 Å². The number of carbonyl (C=O) groups excluding carboxylic acids is 2. The van der Waals surface area contributed by atoms with E-state index in [1.807, 2.05) is 32.0 Å². The van der Waals surface area contributed by atoms with Crippen molar-refractivity contribution < 1.29 is 28.6 Å². The van der Waals surface area contributed by atoms with Crippen LogP contribution >= 0.6 is 11.3 Å². The lowest BCUT2D eigenvalue weighted by molar-refractivity contribution is -0.117. The number of carbonyl (C=O) groups is 2. The van der Waals surface area contributed by atoms with Crippen molar-refractivity contribution in [1.29, 1.82) is 0 Å². The van der Waals surface area contributed by atoms with Gasteiger partial charge in [0.05, 0.1) is 41.3 Å². The van der Waals surface area contributed by atoms with Crippen molar-refractivity contribution >= 4 is 38.4 Å². The molecule has 1 unspecified atom stereocenters. The third-order valence-corrected chi connectivity index (χ3v) is 7.49. The summed E-state index contributed by atoms with van der Waals surface area (Å²) in [6.45, 7) is 9.03. The maximum absolute atomic E-state index is 13.6. The molecule has 1 N–H and O–H groups in total. The highest BCUT2D eigenvalue weighted by Crippen LogP contribution is 2.46. The number of hydrogen-bond donors (Lipinski definition) is 1. The van der Waals surface area contributed by atoms with Crippen LogP contribution in [0.15, 0.2) is 70.5 Å². The van der Waals surface area contributed by atoms with Crippen LogP contribution in [0.2, 0.25) is 0 Å². The van der Waals surface area contributed by atoms with Crippen LogP contribution in [-0.4, -0.2) is 35.0 Å². The maximum Gasteiger partial charge on any atom is 0.296 e. The number of hydrogen-bond acceptors (Lipinski definition) is 8. The average Bonchev–Trinajstić information content (AvgIpc) is 3.63. The lowest BCUT2D eigenvalue weighted by Crippen LogP contribution is -2.31. The van der Waals surface area contributed by atoms with Crippen LogP contribution in [0.5, 0.6) is 11.5 Å². The molecule has 39 heavy (non-hydrogen) atoms. The first-order chi connectivity index (χ1) is 18.8. The Kier molecular flexibility index (Phi) is 7.43. The summed E-state index contributed by atoms with van der Waals surface area (Å²) in [4.78, 5) is 33.2. The fourth-order valence-corrected chi connectivity index (χ4v) is 5.59. The number of fused-ring (bicyclic) bond motifs is 1. The molecule has 1 aliphatic rings. The van der Waals surface area contributed by atoms with Gasteiger partial charge in [-0.15, -0.1) is 0 Å². The van der Waals surface area contributed by atoms with Gasteiger partial charge in [-0.25, -0.2) is 4.98 Å². The Bertz CT molecular complexity index is 1550. The van der Waals surface area contributed by atoms with Gasteiger partial charge in [-0.2, -0.15) is 0 Å². The van der Waals surface area contributed by atoms with Crippen molar-refractivity contribution in [3.63, 3.8) is 0 Å². The monoisotopic (exact) mass is 546 g/mol. The van der Waals surface area contributed by atoms with Crippen LogP contribution in [-0.2, 0) is 4.79 Å². The smallest absolute Gasteiger partial charge is 0.296 e. The molecule has 0 radical (unpaired) electrons. The number of amides is 1. The Morgan fingerprint density at radius 1 is 1.15 bits per heavy atom. The summed E-state index contributed by atoms with van der Waals surface area (Å²) >= 11 is 1.32. The molecule has 1 atom stereocenters. The molecule has 1 amide bonds. The number of furan rings is 1. The third-order valence-electron chi connectivity index (χ3n) is 6.47. The van der Waals surface area contributed by atoms with Crippen LogP contribution in [0.3, 0.4) is 0 Å². The van der Waals surface area contributed by atoms with Gasteiger partial charge >= 0.3 is 0 Å². The maximum atomic E-state index is 13.6. The van der Waals surface area contributed by atoms with E-state index in [-0.39, 0.29) is 11.3 Å². The number of rotatable bonds is 10. The number of anilines is 1. The number of benzene rings is 2. The molecule has 0 bridgehead atoms. The standard InChI is InChI=1S/C30H30N2O6S/c1-5-36-23-16-19(9-11-21(23)38-14-12-17(2)3)26-25(27(33)22-7-6-13-37-22)28(34)29(35)32(26)30-31-20-10-8-18(4)15-24(20)39-30/h6-11,13,15-17,26,34H,5,12,14H2,1-4H3. The van der Waals surface area contributed by atoms with Crippen molar-refractivity contribution in [3.05, 3.63) is 83.0 Å². The van der Waals surface area contributed by atoms with Gasteiger partial charge in [-0.3, -0.25) is 14.5 Å². The molecule has 8 nitrogen and oxygen atoms in total. The second kappa shape index (κ2) is 10.9. The highest BCUT2D eigenvalue weighted by atomic mass is 32.1. The predicted molar refractivity (Wildman–Crippen MR) is 150 cm³/mol. The van der Waals surface area contributed by atoms with Crippen molar-refractivity contribution in [1.82, 2.24) is 4.98 Å².